The molecule has 1 atom stereocenters. The number of fused-ring (bicyclic) bond motifs is 3. The molecule has 0 spiro atoms. The molecule has 1 N–H and O–H groups in total. The van der Waals surface area contributed by atoms with Gasteiger partial charge in [0.25, 0.3) is 11.8 Å². The van der Waals surface area contributed by atoms with Crippen molar-refractivity contribution in [3.8, 4) is 0 Å². The number of halogens is 1. The fourth-order valence-corrected chi connectivity index (χ4v) is 5.89. The molecule has 1 fully saturated rings. The maximum atomic E-state index is 14.4. The molecule has 1 aliphatic heterocycles. The van der Waals surface area contributed by atoms with E-state index in [4.69, 9.17) is 16.0 Å². The van der Waals surface area contributed by atoms with Gasteiger partial charge >= 0.3 is 0 Å². The van der Waals surface area contributed by atoms with Crippen LogP contribution in [0.1, 0.15) is 53.7 Å². The molecule has 1 unspecified atom stereocenters. The summed E-state index contributed by atoms with van der Waals surface area (Å²) in [5, 5.41) is 3.97. The fraction of sp³-hybridized carbons (Fsp3) is 0.310. The van der Waals surface area contributed by atoms with E-state index < -0.39 is 5.54 Å². The van der Waals surface area contributed by atoms with Crippen LogP contribution in [0.4, 0.5) is 0 Å². The van der Waals surface area contributed by atoms with E-state index in [0.717, 1.165) is 42.3 Å². The molecule has 2 aliphatic rings. The maximum absolute atomic E-state index is 14.4. The molecule has 0 bridgehead atoms. The quantitative estimate of drug-likeness (QED) is 0.371. The number of rotatable bonds is 5. The van der Waals surface area contributed by atoms with Crippen molar-refractivity contribution in [1.82, 2.24) is 14.8 Å². The van der Waals surface area contributed by atoms with Crippen molar-refractivity contribution in [1.29, 1.82) is 0 Å². The van der Waals surface area contributed by atoms with E-state index >= 15 is 0 Å². The molecule has 1 saturated carbocycles. The van der Waals surface area contributed by atoms with Crippen LogP contribution in [0, 0.1) is 0 Å². The lowest BCUT2D eigenvalue weighted by atomic mass is 9.83. The number of aromatic nitrogens is 1. The third kappa shape index (κ3) is 3.80. The van der Waals surface area contributed by atoms with Gasteiger partial charge in [-0.15, -0.1) is 0 Å². The third-order valence-electron chi connectivity index (χ3n) is 7.66. The first-order valence-electron chi connectivity index (χ1n) is 12.6. The van der Waals surface area contributed by atoms with Gasteiger partial charge in [0, 0.05) is 29.7 Å². The highest BCUT2D eigenvalue weighted by Crippen LogP contribution is 2.41. The van der Waals surface area contributed by atoms with Crippen LogP contribution in [0.5, 0.6) is 0 Å². The highest BCUT2D eigenvalue weighted by molar-refractivity contribution is 6.30. The highest BCUT2D eigenvalue weighted by atomic mass is 35.5. The van der Waals surface area contributed by atoms with E-state index in [1.807, 2.05) is 65.2 Å². The van der Waals surface area contributed by atoms with Crippen molar-refractivity contribution in [2.75, 3.05) is 0 Å². The van der Waals surface area contributed by atoms with E-state index in [1.165, 1.54) is 6.42 Å². The summed E-state index contributed by atoms with van der Waals surface area (Å²) in [6.07, 6.45) is 6.95. The van der Waals surface area contributed by atoms with Crippen molar-refractivity contribution in [3.05, 3.63) is 94.8 Å². The first-order valence-corrected chi connectivity index (χ1v) is 12.9. The van der Waals surface area contributed by atoms with Gasteiger partial charge in [0.15, 0.2) is 11.1 Å². The summed E-state index contributed by atoms with van der Waals surface area (Å²) in [5.74, 6) is -0.343. The maximum Gasteiger partial charge on any atom is 0.272 e. The minimum Gasteiger partial charge on any atom is -0.463 e. The Morgan fingerprint density at radius 2 is 1.78 bits per heavy atom. The molecule has 1 aliphatic carbocycles. The molecular formula is C29H28ClN3O3. The first kappa shape index (κ1) is 22.9. The number of nitrogens with zero attached hydrogens (tertiary/aromatic N) is 2. The van der Waals surface area contributed by atoms with Gasteiger partial charge in [0.2, 0.25) is 0 Å². The lowest BCUT2D eigenvalue weighted by Crippen LogP contribution is -2.64. The smallest absolute Gasteiger partial charge is 0.272 e. The SMILES string of the molecule is O=C1c2cc3occc3n2CC(C(=O)NC2CCCCC2)(c2ccccc2)N1Cc1ccc(Cl)cc1. The van der Waals surface area contributed by atoms with Gasteiger partial charge in [-0.25, -0.2) is 0 Å². The third-order valence-corrected chi connectivity index (χ3v) is 7.91. The first-order chi connectivity index (χ1) is 17.6. The van der Waals surface area contributed by atoms with Crippen molar-refractivity contribution in [2.24, 2.45) is 0 Å². The highest BCUT2D eigenvalue weighted by Gasteiger charge is 2.53. The Hall–Kier alpha value is -3.51. The molecule has 7 heteroatoms. The number of hydrogen-bond acceptors (Lipinski definition) is 3. The van der Waals surface area contributed by atoms with Gasteiger partial charge in [-0.05, 0) is 36.1 Å². The molecule has 36 heavy (non-hydrogen) atoms. The molecule has 2 amide bonds. The monoisotopic (exact) mass is 501 g/mol. The van der Waals surface area contributed by atoms with E-state index in [0.29, 0.717) is 22.8 Å². The van der Waals surface area contributed by atoms with E-state index in [1.54, 1.807) is 17.2 Å². The van der Waals surface area contributed by atoms with Gasteiger partial charge in [-0.2, -0.15) is 0 Å². The van der Waals surface area contributed by atoms with E-state index in [2.05, 4.69) is 5.32 Å². The van der Waals surface area contributed by atoms with Crippen molar-refractivity contribution < 1.29 is 14.0 Å². The topological polar surface area (TPSA) is 67.5 Å². The minimum absolute atomic E-state index is 0.110. The van der Waals surface area contributed by atoms with Crippen LogP contribution in [0.2, 0.25) is 5.02 Å². The predicted octanol–water partition coefficient (Wildman–Crippen LogP) is 5.89. The average Bonchev–Trinajstić information content (AvgIpc) is 3.50. The molecule has 0 saturated heterocycles. The average molecular weight is 502 g/mol. The lowest BCUT2D eigenvalue weighted by molar-refractivity contribution is -0.136. The van der Waals surface area contributed by atoms with E-state index in [9.17, 15) is 9.59 Å². The number of benzene rings is 2. The van der Waals surface area contributed by atoms with Crippen molar-refractivity contribution >= 4 is 34.5 Å². The molecule has 6 rings (SSSR count). The number of carbonyl (C=O) groups is 2. The number of hydrogen-bond donors (Lipinski definition) is 1. The molecule has 2 aromatic heterocycles. The second kappa shape index (κ2) is 9.17. The number of amides is 2. The molecular weight excluding hydrogens is 474 g/mol. The normalized spacial score (nSPS) is 20.5. The summed E-state index contributed by atoms with van der Waals surface area (Å²) in [7, 11) is 0. The van der Waals surface area contributed by atoms with Crippen molar-refractivity contribution in [3.63, 3.8) is 0 Å². The Labute approximate surface area is 214 Å². The van der Waals surface area contributed by atoms with Crippen LogP contribution in [0.15, 0.2) is 77.4 Å². The van der Waals surface area contributed by atoms with Gasteiger partial charge in [-0.1, -0.05) is 73.3 Å². The zero-order valence-electron chi connectivity index (χ0n) is 20.0. The molecule has 6 nitrogen and oxygen atoms in total. The summed E-state index contributed by atoms with van der Waals surface area (Å²) in [6.45, 7) is 0.572. The fourth-order valence-electron chi connectivity index (χ4n) is 5.77. The van der Waals surface area contributed by atoms with Gasteiger partial charge in [0.1, 0.15) is 5.69 Å². The zero-order chi connectivity index (χ0) is 24.7. The van der Waals surface area contributed by atoms with Gasteiger partial charge in [0.05, 0.1) is 18.3 Å². The lowest BCUT2D eigenvalue weighted by Gasteiger charge is -2.47. The molecule has 4 aromatic rings. The number of carbonyl (C=O) groups excluding carboxylic acids is 2. The number of nitrogens with one attached hydrogen (secondary N) is 1. The summed E-state index contributed by atoms with van der Waals surface area (Å²) < 4.78 is 7.57. The Morgan fingerprint density at radius 3 is 2.53 bits per heavy atom. The van der Waals surface area contributed by atoms with Crippen molar-refractivity contribution in [2.45, 2.75) is 56.8 Å². The predicted molar refractivity (Wildman–Crippen MR) is 139 cm³/mol. The number of furan rings is 1. The largest absolute Gasteiger partial charge is 0.463 e. The summed E-state index contributed by atoms with van der Waals surface area (Å²) in [5.41, 5.74) is 2.44. The molecule has 2 aromatic carbocycles. The van der Waals surface area contributed by atoms with Gasteiger partial charge in [-0.3, -0.25) is 9.59 Å². The van der Waals surface area contributed by atoms with Crippen LogP contribution >= 0.6 is 11.6 Å². The summed E-state index contributed by atoms with van der Waals surface area (Å²) in [6, 6.07) is 20.9. The molecule has 184 valence electrons. The minimum atomic E-state index is -1.23. The Bertz CT molecular complexity index is 1400. The van der Waals surface area contributed by atoms with Crippen LogP contribution in [0.3, 0.4) is 0 Å². The second-order valence-corrected chi connectivity index (χ2v) is 10.3. The van der Waals surface area contributed by atoms with E-state index in [-0.39, 0.29) is 24.4 Å². The zero-order valence-corrected chi connectivity index (χ0v) is 20.7. The van der Waals surface area contributed by atoms with Crippen LogP contribution in [-0.2, 0) is 23.4 Å². The van der Waals surface area contributed by atoms with Gasteiger partial charge < -0.3 is 19.2 Å². The summed E-state index contributed by atoms with van der Waals surface area (Å²) in [4.78, 5) is 30.4. The molecule has 3 heterocycles. The van der Waals surface area contributed by atoms with Crippen LogP contribution in [0.25, 0.3) is 11.1 Å². The Morgan fingerprint density at radius 1 is 1.03 bits per heavy atom. The standard InChI is InChI=1S/C29H28ClN3O3/c30-22-13-11-20(12-14-22)18-33-27(34)25-17-26-24(15-16-36-26)32(25)19-29(33,21-7-3-1-4-8-21)28(35)31-23-9-5-2-6-10-23/h1,3-4,7-8,11-17,23H,2,5-6,9-10,18-19H2,(H,31,35). The molecule has 0 radical (unpaired) electrons. The van der Waals surface area contributed by atoms with Crippen LogP contribution in [-0.4, -0.2) is 27.3 Å². The van der Waals surface area contributed by atoms with Crippen LogP contribution < -0.4 is 5.32 Å². The summed E-state index contributed by atoms with van der Waals surface area (Å²) >= 11 is 6.14. The Kier molecular flexibility index (Phi) is 5.84. The Balaban J connectivity index is 1.52. The second-order valence-electron chi connectivity index (χ2n) is 9.84.